The van der Waals surface area contributed by atoms with Crippen molar-refractivity contribution in [1.29, 1.82) is 0 Å². The van der Waals surface area contributed by atoms with Gasteiger partial charge in [0, 0.05) is 38.6 Å². The molecular formula is C18H24N4O3. The van der Waals surface area contributed by atoms with Crippen LogP contribution in [0.2, 0.25) is 0 Å². The summed E-state index contributed by atoms with van der Waals surface area (Å²) in [5.41, 5.74) is 1.02. The first-order valence-electron chi connectivity index (χ1n) is 8.53. The zero-order valence-electron chi connectivity index (χ0n) is 14.6. The van der Waals surface area contributed by atoms with E-state index in [1.165, 1.54) is 0 Å². The molecule has 25 heavy (non-hydrogen) atoms. The van der Waals surface area contributed by atoms with Gasteiger partial charge in [0.15, 0.2) is 0 Å². The molecule has 0 unspecified atom stereocenters. The average Bonchev–Trinajstić information content (AvgIpc) is 3.19. The second-order valence-electron chi connectivity index (χ2n) is 6.43. The number of rotatable bonds is 6. The Labute approximate surface area is 147 Å². The maximum Gasteiger partial charge on any atom is 0.223 e. The van der Waals surface area contributed by atoms with Crippen molar-refractivity contribution in [2.75, 3.05) is 7.05 Å². The maximum atomic E-state index is 12.5. The molecule has 1 amide bonds. The van der Waals surface area contributed by atoms with Crippen molar-refractivity contribution in [1.82, 2.24) is 19.7 Å². The number of aryl methyl sites for hydroxylation is 2. The van der Waals surface area contributed by atoms with Gasteiger partial charge in [-0.25, -0.2) is 0 Å². The number of ether oxygens (including phenoxy) is 1. The van der Waals surface area contributed by atoms with Gasteiger partial charge in [-0.3, -0.25) is 14.5 Å². The van der Waals surface area contributed by atoms with E-state index in [0.717, 1.165) is 12.1 Å². The molecule has 0 aliphatic heterocycles. The molecule has 3 atom stereocenters. The molecule has 0 aromatic carbocycles. The Bertz CT molecular complexity index is 703. The van der Waals surface area contributed by atoms with Crippen molar-refractivity contribution in [3.05, 3.63) is 42.5 Å². The van der Waals surface area contributed by atoms with Crippen molar-refractivity contribution in [2.24, 2.45) is 7.05 Å². The fourth-order valence-electron chi connectivity index (χ4n) is 3.31. The normalized spacial score (nSPS) is 22.8. The summed E-state index contributed by atoms with van der Waals surface area (Å²) in [6.45, 7) is 0. The van der Waals surface area contributed by atoms with Gasteiger partial charge in [-0.15, -0.1) is 0 Å². The minimum absolute atomic E-state index is 0.0206. The average molecular weight is 344 g/mol. The lowest BCUT2D eigenvalue weighted by molar-refractivity contribution is -0.134. The lowest BCUT2D eigenvalue weighted by atomic mass is 10.1. The summed E-state index contributed by atoms with van der Waals surface area (Å²) < 4.78 is 7.59. The number of nitrogens with zero attached hydrogens (tertiary/aromatic N) is 4. The van der Waals surface area contributed by atoms with Crippen LogP contribution < -0.4 is 4.74 Å². The van der Waals surface area contributed by atoms with Crippen LogP contribution in [0.5, 0.6) is 5.75 Å². The van der Waals surface area contributed by atoms with Gasteiger partial charge in [0.05, 0.1) is 12.2 Å². The quantitative estimate of drug-likeness (QED) is 0.851. The zero-order valence-corrected chi connectivity index (χ0v) is 14.6. The summed E-state index contributed by atoms with van der Waals surface area (Å²) in [6, 6.07) is 5.30. The van der Waals surface area contributed by atoms with Crippen LogP contribution in [0.3, 0.4) is 0 Å². The van der Waals surface area contributed by atoms with E-state index in [9.17, 15) is 9.90 Å². The number of carbonyl (C=O) groups excluding carboxylic acids is 1. The molecule has 2 heterocycles. The predicted octanol–water partition coefficient (Wildman–Crippen LogP) is 1.18. The van der Waals surface area contributed by atoms with E-state index in [0.29, 0.717) is 25.0 Å². The van der Waals surface area contributed by atoms with Crippen molar-refractivity contribution >= 4 is 5.91 Å². The third-order valence-corrected chi connectivity index (χ3v) is 4.85. The fourth-order valence-corrected chi connectivity index (χ4v) is 3.31. The Morgan fingerprint density at radius 2 is 2.24 bits per heavy atom. The summed E-state index contributed by atoms with van der Waals surface area (Å²) >= 11 is 0. The number of hydrogen-bond donors (Lipinski definition) is 1. The number of aromatic nitrogens is 3. The minimum atomic E-state index is -0.703. The molecule has 1 N–H and O–H groups in total. The van der Waals surface area contributed by atoms with Crippen LogP contribution in [-0.2, 0) is 18.3 Å². The third kappa shape index (κ3) is 3.99. The molecule has 134 valence electrons. The first-order valence-corrected chi connectivity index (χ1v) is 8.53. The van der Waals surface area contributed by atoms with E-state index in [4.69, 9.17) is 4.74 Å². The minimum Gasteiger partial charge on any atom is -0.486 e. The van der Waals surface area contributed by atoms with E-state index in [1.54, 1.807) is 41.3 Å². The topological polar surface area (TPSA) is 80.5 Å². The number of aliphatic hydroxyl groups excluding tert-OH is 1. The van der Waals surface area contributed by atoms with Gasteiger partial charge < -0.3 is 14.7 Å². The van der Waals surface area contributed by atoms with Gasteiger partial charge in [0.25, 0.3) is 0 Å². The van der Waals surface area contributed by atoms with Crippen LogP contribution in [0.1, 0.15) is 25.0 Å². The monoisotopic (exact) mass is 344 g/mol. The molecule has 7 nitrogen and oxygen atoms in total. The smallest absolute Gasteiger partial charge is 0.223 e. The molecule has 0 bridgehead atoms. The van der Waals surface area contributed by atoms with E-state index >= 15 is 0 Å². The van der Waals surface area contributed by atoms with Gasteiger partial charge >= 0.3 is 0 Å². The second-order valence-corrected chi connectivity index (χ2v) is 6.43. The molecule has 2 aromatic heterocycles. The SMILES string of the molecule is CN(C(=O)CCc1ccnn1C)[C@@H]1CC[C@@H](Oc2cccnc2)[C@@H]1O. The highest BCUT2D eigenvalue weighted by Gasteiger charge is 2.40. The molecule has 1 fully saturated rings. The molecular weight excluding hydrogens is 320 g/mol. The van der Waals surface area contributed by atoms with E-state index in [1.807, 2.05) is 19.2 Å². The summed E-state index contributed by atoms with van der Waals surface area (Å²) in [6.07, 6.45) is 6.47. The largest absolute Gasteiger partial charge is 0.486 e. The standard InChI is InChI=1S/C18H24N4O3/c1-21(17(23)8-5-13-9-11-20-22(13)2)15-6-7-16(18(15)24)25-14-4-3-10-19-12-14/h3-4,9-12,15-16,18,24H,5-8H2,1-2H3/t15-,16-,18-/m1/s1. The predicted molar refractivity (Wildman–Crippen MR) is 92.0 cm³/mol. The second kappa shape index (κ2) is 7.65. The highest BCUT2D eigenvalue weighted by atomic mass is 16.5. The summed E-state index contributed by atoms with van der Waals surface area (Å²) in [7, 11) is 3.62. The first-order chi connectivity index (χ1) is 12.1. The Balaban J connectivity index is 1.54. The van der Waals surface area contributed by atoms with E-state index < -0.39 is 6.10 Å². The van der Waals surface area contributed by atoms with Crippen LogP contribution in [-0.4, -0.2) is 56.0 Å². The van der Waals surface area contributed by atoms with E-state index in [2.05, 4.69) is 10.1 Å². The van der Waals surface area contributed by atoms with E-state index in [-0.39, 0.29) is 18.1 Å². The van der Waals surface area contributed by atoms with Crippen LogP contribution in [0, 0.1) is 0 Å². The molecule has 0 spiro atoms. The number of pyridine rings is 1. The Hall–Kier alpha value is -2.41. The first kappa shape index (κ1) is 17.4. The van der Waals surface area contributed by atoms with Crippen LogP contribution in [0.4, 0.5) is 0 Å². The molecule has 0 radical (unpaired) electrons. The Morgan fingerprint density at radius 1 is 1.40 bits per heavy atom. The third-order valence-electron chi connectivity index (χ3n) is 4.85. The lowest BCUT2D eigenvalue weighted by Crippen LogP contribution is -2.45. The fraction of sp³-hybridized carbons (Fsp3) is 0.500. The summed E-state index contributed by atoms with van der Waals surface area (Å²) in [4.78, 5) is 18.2. The number of amides is 1. The molecule has 1 aliphatic carbocycles. The van der Waals surface area contributed by atoms with Gasteiger partial charge in [0.1, 0.15) is 18.0 Å². The number of hydrogen-bond acceptors (Lipinski definition) is 5. The van der Waals surface area contributed by atoms with Gasteiger partial charge in [0.2, 0.25) is 5.91 Å². The maximum absolute atomic E-state index is 12.5. The van der Waals surface area contributed by atoms with Gasteiger partial charge in [-0.05, 0) is 37.5 Å². The number of aliphatic hydroxyl groups is 1. The molecule has 7 heteroatoms. The molecule has 2 aromatic rings. The Kier molecular flexibility index (Phi) is 5.33. The van der Waals surface area contributed by atoms with Crippen molar-refractivity contribution in [3.8, 4) is 5.75 Å². The molecule has 1 aliphatic rings. The lowest BCUT2D eigenvalue weighted by Gasteiger charge is -2.29. The summed E-state index contributed by atoms with van der Waals surface area (Å²) in [5.74, 6) is 0.657. The Morgan fingerprint density at radius 3 is 2.92 bits per heavy atom. The molecule has 1 saturated carbocycles. The zero-order chi connectivity index (χ0) is 17.8. The van der Waals surface area contributed by atoms with Gasteiger partial charge in [-0.2, -0.15) is 5.10 Å². The molecule has 0 saturated heterocycles. The molecule has 3 rings (SSSR count). The van der Waals surface area contributed by atoms with Crippen LogP contribution in [0.25, 0.3) is 0 Å². The van der Waals surface area contributed by atoms with Crippen molar-refractivity contribution in [3.63, 3.8) is 0 Å². The number of likely N-dealkylation sites (N-methyl/N-ethyl adjacent to an activating group) is 1. The van der Waals surface area contributed by atoms with Crippen LogP contribution >= 0.6 is 0 Å². The highest BCUT2D eigenvalue weighted by Crippen LogP contribution is 2.28. The van der Waals surface area contributed by atoms with Crippen molar-refractivity contribution in [2.45, 2.75) is 43.9 Å². The highest BCUT2D eigenvalue weighted by molar-refractivity contribution is 5.76. The van der Waals surface area contributed by atoms with Gasteiger partial charge in [-0.1, -0.05) is 0 Å². The summed E-state index contributed by atoms with van der Waals surface area (Å²) in [5, 5.41) is 14.7. The number of carbonyl (C=O) groups is 1. The van der Waals surface area contributed by atoms with Crippen molar-refractivity contribution < 1.29 is 14.6 Å². The van der Waals surface area contributed by atoms with Crippen LogP contribution in [0.15, 0.2) is 36.8 Å².